The summed E-state index contributed by atoms with van der Waals surface area (Å²) in [5.41, 5.74) is 0.571. The van der Waals surface area contributed by atoms with Gasteiger partial charge in [-0.2, -0.15) is 0 Å². The first-order valence-electron chi connectivity index (χ1n) is 12.2. The van der Waals surface area contributed by atoms with E-state index in [0.717, 1.165) is 26.0 Å². The van der Waals surface area contributed by atoms with Crippen LogP contribution in [0.15, 0.2) is 58.1 Å². The van der Waals surface area contributed by atoms with Crippen molar-refractivity contribution in [2.45, 2.75) is 65.4 Å². The fourth-order valence-electron chi connectivity index (χ4n) is 4.17. The van der Waals surface area contributed by atoms with E-state index in [4.69, 9.17) is 4.43 Å². The first-order valence-corrected chi connectivity index (χ1v) is 15.9. The second-order valence-corrected chi connectivity index (χ2v) is 17.2. The molecule has 1 atom stereocenters. The van der Waals surface area contributed by atoms with Crippen molar-refractivity contribution in [3.63, 3.8) is 0 Å². The molecular formula is C28H36N2O3SSi. The monoisotopic (exact) mass is 508 g/mol. The minimum atomic E-state index is -2.19. The predicted octanol–water partition coefficient (Wildman–Crippen LogP) is 6.68. The fraction of sp³-hybridized carbons (Fsp3) is 0.429. The molecule has 0 spiro atoms. The maximum atomic E-state index is 13.1. The number of fused-ring (bicyclic) bond motifs is 2. The lowest BCUT2D eigenvalue weighted by Crippen LogP contribution is -2.42. The predicted molar refractivity (Wildman–Crippen MR) is 150 cm³/mol. The van der Waals surface area contributed by atoms with Crippen LogP contribution in [-0.2, 0) is 18.0 Å². The molecule has 2 aromatic carbocycles. The van der Waals surface area contributed by atoms with Crippen LogP contribution in [0.5, 0.6) is 0 Å². The van der Waals surface area contributed by atoms with E-state index in [1.165, 1.54) is 15.9 Å². The SMILES string of the molecule is CC(C)Cn1c(=O)n(C)c(=O)c2cc(C(O[Si](C)(C)C(C)(C)C)c3cccc4ccccc34)sc21. The summed E-state index contributed by atoms with van der Waals surface area (Å²) in [5.74, 6) is 0.274. The summed E-state index contributed by atoms with van der Waals surface area (Å²) in [6.45, 7) is 15.9. The Labute approximate surface area is 212 Å². The lowest BCUT2D eigenvalue weighted by Gasteiger charge is -2.39. The zero-order chi connectivity index (χ0) is 25.7. The zero-order valence-electron chi connectivity index (χ0n) is 22.0. The molecule has 4 aromatic rings. The molecular weight excluding hydrogens is 472 g/mol. The normalized spacial score (nSPS) is 13.7. The van der Waals surface area contributed by atoms with E-state index in [2.05, 4.69) is 84.1 Å². The molecule has 0 fully saturated rings. The van der Waals surface area contributed by atoms with Crippen molar-refractivity contribution in [1.29, 1.82) is 0 Å². The molecule has 7 heteroatoms. The number of hydrogen-bond acceptors (Lipinski definition) is 4. The third kappa shape index (κ3) is 4.69. The highest BCUT2D eigenvalue weighted by atomic mass is 32.1. The van der Waals surface area contributed by atoms with Crippen LogP contribution in [0, 0.1) is 5.92 Å². The smallest absolute Gasteiger partial charge is 0.331 e. The standard InChI is InChI=1S/C28H36N2O3SSi/c1-18(2)17-30-26-22(25(31)29(6)27(30)32)16-23(34-26)24(33-35(7,8)28(3,4)5)21-15-11-13-19-12-9-10-14-20(19)21/h9-16,18,24H,17H2,1-8H3. The Morgan fingerprint density at radius 1 is 1.00 bits per heavy atom. The summed E-state index contributed by atoms with van der Waals surface area (Å²) < 4.78 is 10.1. The van der Waals surface area contributed by atoms with E-state index in [1.54, 1.807) is 11.6 Å². The summed E-state index contributed by atoms with van der Waals surface area (Å²) in [7, 11) is -0.628. The lowest BCUT2D eigenvalue weighted by atomic mass is 9.99. The molecule has 35 heavy (non-hydrogen) atoms. The van der Waals surface area contributed by atoms with Crippen molar-refractivity contribution >= 4 is 40.6 Å². The van der Waals surface area contributed by atoms with Crippen LogP contribution in [0.3, 0.4) is 0 Å². The van der Waals surface area contributed by atoms with Gasteiger partial charge >= 0.3 is 5.69 Å². The van der Waals surface area contributed by atoms with Gasteiger partial charge in [0.05, 0.1) is 5.39 Å². The van der Waals surface area contributed by atoms with Gasteiger partial charge in [-0.15, -0.1) is 11.3 Å². The maximum Gasteiger partial charge on any atom is 0.331 e. The second-order valence-electron chi connectivity index (χ2n) is 11.3. The van der Waals surface area contributed by atoms with Crippen molar-refractivity contribution in [1.82, 2.24) is 9.13 Å². The minimum Gasteiger partial charge on any atom is -0.405 e. The average Bonchev–Trinajstić information content (AvgIpc) is 3.23. The van der Waals surface area contributed by atoms with E-state index in [-0.39, 0.29) is 28.3 Å². The van der Waals surface area contributed by atoms with Gasteiger partial charge in [0, 0.05) is 18.5 Å². The Balaban J connectivity index is 2.01. The van der Waals surface area contributed by atoms with Crippen molar-refractivity contribution in [2.24, 2.45) is 13.0 Å². The van der Waals surface area contributed by atoms with Gasteiger partial charge in [0.2, 0.25) is 0 Å². The Hall–Kier alpha value is -2.48. The van der Waals surface area contributed by atoms with Gasteiger partial charge in [-0.1, -0.05) is 77.1 Å². The molecule has 4 rings (SSSR count). The molecule has 5 nitrogen and oxygen atoms in total. The first kappa shape index (κ1) is 25.6. The topological polar surface area (TPSA) is 53.2 Å². The van der Waals surface area contributed by atoms with Crippen LogP contribution in [0.1, 0.15) is 51.2 Å². The number of thiophene rings is 1. The molecule has 2 aromatic heterocycles. The van der Waals surface area contributed by atoms with E-state index in [0.29, 0.717) is 11.9 Å². The molecule has 0 aliphatic carbocycles. The first-order chi connectivity index (χ1) is 16.3. The summed E-state index contributed by atoms with van der Waals surface area (Å²) in [5, 5.41) is 2.89. The van der Waals surface area contributed by atoms with Crippen molar-refractivity contribution in [3.05, 3.63) is 79.8 Å². The number of hydrogen-bond donors (Lipinski definition) is 0. The maximum absolute atomic E-state index is 13.1. The van der Waals surface area contributed by atoms with Gasteiger partial charge in [0.25, 0.3) is 5.56 Å². The molecule has 0 aliphatic heterocycles. The van der Waals surface area contributed by atoms with Crippen LogP contribution in [0.25, 0.3) is 21.0 Å². The molecule has 0 radical (unpaired) electrons. The number of rotatable bonds is 6. The fourth-order valence-corrected chi connectivity index (χ4v) is 6.65. The second kappa shape index (κ2) is 9.19. The largest absolute Gasteiger partial charge is 0.405 e. The van der Waals surface area contributed by atoms with E-state index >= 15 is 0 Å². The van der Waals surface area contributed by atoms with Gasteiger partial charge in [-0.3, -0.25) is 13.9 Å². The van der Waals surface area contributed by atoms with E-state index in [1.807, 2.05) is 12.1 Å². The Kier molecular flexibility index (Phi) is 6.72. The van der Waals surface area contributed by atoms with Gasteiger partial charge in [0.1, 0.15) is 10.9 Å². The highest BCUT2D eigenvalue weighted by Crippen LogP contribution is 2.44. The van der Waals surface area contributed by atoms with E-state index < -0.39 is 8.32 Å². The Morgan fingerprint density at radius 3 is 2.31 bits per heavy atom. The number of aromatic nitrogens is 2. The van der Waals surface area contributed by atoms with E-state index in [9.17, 15) is 9.59 Å². The van der Waals surface area contributed by atoms with Crippen molar-refractivity contribution < 1.29 is 4.43 Å². The van der Waals surface area contributed by atoms with Gasteiger partial charge in [-0.25, -0.2) is 4.79 Å². The van der Waals surface area contributed by atoms with Crippen molar-refractivity contribution in [3.8, 4) is 0 Å². The zero-order valence-corrected chi connectivity index (χ0v) is 23.8. The molecule has 0 bridgehead atoms. The Morgan fingerprint density at radius 2 is 1.66 bits per heavy atom. The number of benzene rings is 2. The highest BCUT2D eigenvalue weighted by Gasteiger charge is 2.40. The summed E-state index contributed by atoms with van der Waals surface area (Å²) in [4.78, 5) is 27.9. The molecule has 0 amide bonds. The Bertz CT molecular complexity index is 1500. The van der Waals surface area contributed by atoms with Gasteiger partial charge < -0.3 is 4.43 Å². The van der Waals surface area contributed by atoms with Crippen molar-refractivity contribution in [2.75, 3.05) is 0 Å². The molecule has 0 aliphatic rings. The summed E-state index contributed by atoms with van der Waals surface area (Å²) in [6.07, 6.45) is -0.327. The molecule has 2 heterocycles. The third-order valence-electron chi connectivity index (χ3n) is 7.16. The third-order valence-corrected chi connectivity index (χ3v) is 12.8. The summed E-state index contributed by atoms with van der Waals surface area (Å²) >= 11 is 1.51. The molecule has 0 saturated carbocycles. The highest BCUT2D eigenvalue weighted by molar-refractivity contribution is 7.18. The minimum absolute atomic E-state index is 0.0163. The van der Waals surface area contributed by atoms with Gasteiger partial charge in [0.15, 0.2) is 8.32 Å². The van der Waals surface area contributed by atoms with Gasteiger partial charge in [-0.05, 0) is 46.5 Å². The van der Waals surface area contributed by atoms with Crippen LogP contribution in [0.4, 0.5) is 0 Å². The molecule has 0 N–H and O–H groups in total. The van der Waals surface area contributed by atoms with Crippen LogP contribution in [0.2, 0.25) is 18.1 Å². The summed E-state index contributed by atoms with van der Waals surface area (Å²) in [6, 6.07) is 16.6. The molecule has 0 saturated heterocycles. The van der Waals surface area contributed by atoms with Crippen LogP contribution in [-0.4, -0.2) is 17.5 Å². The lowest BCUT2D eigenvalue weighted by molar-refractivity contribution is 0.227. The average molecular weight is 509 g/mol. The quantitative estimate of drug-likeness (QED) is 0.273. The molecule has 186 valence electrons. The van der Waals surface area contributed by atoms with Crippen LogP contribution >= 0.6 is 11.3 Å². The number of nitrogens with zero attached hydrogens (tertiary/aromatic N) is 2. The van der Waals surface area contributed by atoms with Crippen LogP contribution < -0.4 is 11.2 Å². The molecule has 1 unspecified atom stereocenters.